The first kappa shape index (κ1) is 17.9. The van der Waals surface area contributed by atoms with Crippen molar-refractivity contribution in [2.45, 2.75) is 31.2 Å². The number of sulfonamides is 1. The highest BCUT2D eigenvalue weighted by Crippen LogP contribution is 2.29. The first-order valence-corrected chi connectivity index (χ1v) is 9.69. The molecule has 3 rings (SSSR count). The normalized spacial score (nSPS) is 18.2. The molecule has 1 aliphatic heterocycles. The van der Waals surface area contributed by atoms with Crippen molar-refractivity contribution in [1.29, 1.82) is 0 Å². The van der Waals surface area contributed by atoms with Crippen LogP contribution in [0, 0.1) is 6.92 Å². The van der Waals surface area contributed by atoms with Gasteiger partial charge >= 0.3 is 5.97 Å². The van der Waals surface area contributed by atoms with Gasteiger partial charge in [0.2, 0.25) is 15.8 Å². The third-order valence-electron chi connectivity index (χ3n) is 4.59. The van der Waals surface area contributed by atoms with Gasteiger partial charge in [-0.1, -0.05) is 0 Å². The molecule has 1 unspecified atom stereocenters. The lowest BCUT2D eigenvalue weighted by atomic mass is 10.1. The average Bonchev–Trinajstić information content (AvgIpc) is 3.22. The number of hydrogen-bond acceptors (Lipinski definition) is 6. The van der Waals surface area contributed by atoms with Gasteiger partial charge in [0, 0.05) is 30.6 Å². The van der Waals surface area contributed by atoms with Crippen molar-refractivity contribution in [3.8, 4) is 0 Å². The molecule has 0 aliphatic carbocycles. The zero-order valence-corrected chi connectivity index (χ0v) is 15.4. The maximum Gasteiger partial charge on any atom is 0.374 e. The van der Waals surface area contributed by atoms with Gasteiger partial charge in [-0.15, -0.1) is 0 Å². The number of carbonyl (C=O) groups excluding carboxylic acids is 1. The van der Waals surface area contributed by atoms with Gasteiger partial charge in [0.05, 0.1) is 11.5 Å². The van der Waals surface area contributed by atoms with E-state index in [4.69, 9.17) is 9.15 Å². The lowest BCUT2D eigenvalue weighted by molar-refractivity contribution is 0.0491. The molecule has 25 heavy (non-hydrogen) atoms. The van der Waals surface area contributed by atoms with Crippen molar-refractivity contribution < 1.29 is 22.4 Å². The monoisotopic (exact) mass is 366 g/mol. The number of aryl methyl sites for hydroxylation is 1. The molecule has 2 aromatic rings. The Morgan fingerprint density at radius 3 is 2.84 bits per heavy atom. The van der Waals surface area contributed by atoms with Gasteiger partial charge in [-0.25, -0.2) is 13.2 Å². The largest absolute Gasteiger partial charge is 0.460 e. The number of hydrogen-bond donors (Lipinski definition) is 1. The van der Waals surface area contributed by atoms with E-state index in [1.165, 1.54) is 10.4 Å². The van der Waals surface area contributed by atoms with Crippen LogP contribution < -0.4 is 5.32 Å². The van der Waals surface area contributed by atoms with Crippen molar-refractivity contribution in [1.82, 2.24) is 9.62 Å². The van der Waals surface area contributed by atoms with Crippen LogP contribution >= 0.6 is 0 Å². The maximum absolute atomic E-state index is 12.9. The van der Waals surface area contributed by atoms with Crippen molar-refractivity contribution in [2.75, 3.05) is 26.7 Å². The molecule has 0 radical (unpaired) electrons. The highest BCUT2D eigenvalue weighted by Gasteiger charge is 2.30. The molecule has 0 amide bonds. The lowest BCUT2D eigenvalue weighted by Crippen LogP contribution is -2.38. The number of fused-ring (bicyclic) bond motifs is 1. The summed E-state index contributed by atoms with van der Waals surface area (Å²) in [7, 11) is -2.02. The fraction of sp³-hybridized carbons (Fsp3) is 0.471. The van der Waals surface area contributed by atoms with Crippen LogP contribution in [-0.2, 0) is 14.8 Å². The predicted octanol–water partition coefficient (Wildman–Crippen LogP) is 1.90. The van der Waals surface area contributed by atoms with E-state index in [-0.39, 0.29) is 23.3 Å². The number of ether oxygens (including phenoxy) is 1. The van der Waals surface area contributed by atoms with E-state index >= 15 is 0 Å². The molecule has 1 aromatic carbocycles. The number of benzene rings is 1. The van der Waals surface area contributed by atoms with Crippen LogP contribution in [0.5, 0.6) is 0 Å². The Morgan fingerprint density at radius 2 is 2.20 bits per heavy atom. The Morgan fingerprint density at radius 1 is 1.44 bits per heavy atom. The van der Waals surface area contributed by atoms with Gasteiger partial charge in [0.15, 0.2) is 0 Å². The summed E-state index contributed by atoms with van der Waals surface area (Å²) in [6.07, 6.45) is 0.787. The van der Waals surface area contributed by atoms with Crippen LogP contribution in [0.4, 0.5) is 0 Å². The topological polar surface area (TPSA) is 88.8 Å². The Balaban J connectivity index is 2.00. The summed E-state index contributed by atoms with van der Waals surface area (Å²) in [5, 5.41) is 3.77. The molecule has 7 nitrogen and oxygen atoms in total. The summed E-state index contributed by atoms with van der Waals surface area (Å²) in [6.45, 7) is 5.14. The van der Waals surface area contributed by atoms with Gasteiger partial charge < -0.3 is 14.5 Å². The summed E-state index contributed by atoms with van der Waals surface area (Å²) in [5.74, 6) is -0.436. The van der Waals surface area contributed by atoms with E-state index in [9.17, 15) is 13.2 Å². The fourth-order valence-corrected chi connectivity index (χ4v) is 4.48. The fourth-order valence-electron chi connectivity index (χ4n) is 3.06. The molecular formula is C17H22N2O5S. The smallest absolute Gasteiger partial charge is 0.374 e. The van der Waals surface area contributed by atoms with Gasteiger partial charge in [0.1, 0.15) is 5.58 Å². The summed E-state index contributed by atoms with van der Waals surface area (Å²) < 4.78 is 37.7. The first-order valence-electron chi connectivity index (χ1n) is 8.25. The summed E-state index contributed by atoms with van der Waals surface area (Å²) in [6, 6.07) is 4.60. The zero-order valence-electron chi connectivity index (χ0n) is 14.5. The minimum atomic E-state index is -3.62. The molecule has 136 valence electrons. The van der Waals surface area contributed by atoms with E-state index in [2.05, 4.69) is 5.32 Å². The van der Waals surface area contributed by atoms with E-state index < -0.39 is 16.0 Å². The second-order valence-corrected chi connectivity index (χ2v) is 8.10. The minimum Gasteiger partial charge on any atom is -0.460 e. The first-order chi connectivity index (χ1) is 11.9. The van der Waals surface area contributed by atoms with Crippen molar-refractivity contribution in [2.24, 2.45) is 0 Å². The van der Waals surface area contributed by atoms with Crippen LogP contribution in [-0.4, -0.2) is 51.5 Å². The van der Waals surface area contributed by atoms with E-state index in [0.29, 0.717) is 23.1 Å². The number of nitrogens with one attached hydrogen (secondary N) is 1. The van der Waals surface area contributed by atoms with Gasteiger partial charge in [-0.2, -0.15) is 4.31 Å². The highest BCUT2D eigenvalue weighted by atomic mass is 32.2. The second-order valence-electron chi connectivity index (χ2n) is 6.10. The van der Waals surface area contributed by atoms with Crippen LogP contribution in [0.3, 0.4) is 0 Å². The molecule has 1 N–H and O–H groups in total. The van der Waals surface area contributed by atoms with Gasteiger partial charge in [0.25, 0.3) is 0 Å². The van der Waals surface area contributed by atoms with Crippen LogP contribution in [0.2, 0.25) is 0 Å². The second kappa shape index (κ2) is 6.78. The Labute approximate surface area is 147 Å². The number of esters is 1. The molecule has 8 heteroatoms. The molecule has 1 aromatic heterocycles. The van der Waals surface area contributed by atoms with E-state index in [1.807, 2.05) is 0 Å². The van der Waals surface area contributed by atoms with Crippen LogP contribution in [0.25, 0.3) is 11.0 Å². The minimum absolute atomic E-state index is 0.0544. The molecular weight excluding hydrogens is 344 g/mol. The molecule has 1 fully saturated rings. The maximum atomic E-state index is 12.9. The molecule has 0 spiro atoms. The number of carbonyl (C=O) groups is 1. The van der Waals surface area contributed by atoms with Gasteiger partial charge in [-0.3, -0.25) is 0 Å². The van der Waals surface area contributed by atoms with E-state index in [1.54, 1.807) is 33.0 Å². The predicted molar refractivity (Wildman–Crippen MR) is 93.1 cm³/mol. The van der Waals surface area contributed by atoms with Gasteiger partial charge in [-0.05, 0) is 45.0 Å². The highest BCUT2D eigenvalue weighted by molar-refractivity contribution is 7.89. The zero-order chi connectivity index (χ0) is 18.2. The molecule has 0 saturated carbocycles. The Hall–Kier alpha value is -1.90. The number of rotatable bonds is 5. The SMILES string of the molecule is CCOC(=O)c1oc2ccc(S(=O)(=O)N(C)C3CCNC3)cc2c1C. The number of likely N-dealkylation sites (N-methyl/N-ethyl adjacent to an activating group) is 1. The quantitative estimate of drug-likeness (QED) is 0.813. The molecule has 1 saturated heterocycles. The van der Waals surface area contributed by atoms with Crippen LogP contribution in [0.15, 0.2) is 27.5 Å². The third-order valence-corrected chi connectivity index (χ3v) is 6.50. The molecule has 1 atom stereocenters. The third kappa shape index (κ3) is 3.17. The van der Waals surface area contributed by atoms with E-state index in [0.717, 1.165) is 13.0 Å². The van der Waals surface area contributed by atoms with Crippen molar-refractivity contribution >= 4 is 27.0 Å². The summed E-state index contributed by atoms with van der Waals surface area (Å²) in [5.41, 5.74) is 1.04. The molecule has 0 bridgehead atoms. The number of nitrogens with zero attached hydrogens (tertiary/aromatic N) is 1. The van der Waals surface area contributed by atoms with Crippen LogP contribution in [0.1, 0.15) is 29.5 Å². The standard InChI is InChI=1S/C17H22N2O5S/c1-4-23-17(20)16-11(2)14-9-13(5-6-15(14)24-16)25(21,22)19(3)12-7-8-18-10-12/h5-6,9,12,18H,4,7-8,10H2,1-3H3. The molecule has 1 aliphatic rings. The summed E-state index contributed by atoms with van der Waals surface area (Å²) in [4.78, 5) is 12.1. The number of furan rings is 1. The lowest BCUT2D eigenvalue weighted by Gasteiger charge is -2.23. The van der Waals surface area contributed by atoms with Crippen molar-refractivity contribution in [3.63, 3.8) is 0 Å². The van der Waals surface area contributed by atoms with Crippen molar-refractivity contribution in [3.05, 3.63) is 29.5 Å². The average molecular weight is 366 g/mol. The summed E-state index contributed by atoms with van der Waals surface area (Å²) >= 11 is 0. The Bertz CT molecular complexity index is 897. The molecule has 2 heterocycles. The Kier molecular flexibility index (Phi) is 4.86.